The van der Waals surface area contributed by atoms with Crippen LogP contribution in [-0.4, -0.2) is 24.6 Å². The fourth-order valence-corrected chi connectivity index (χ4v) is 2.46. The highest BCUT2D eigenvalue weighted by atomic mass is 35.5. The van der Waals surface area contributed by atoms with E-state index in [4.69, 9.17) is 23.2 Å². The predicted molar refractivity (Wildman–Crippen MR) is 60.3 cm³/mol. The molecule has 0 N–H and O–H groups in total. The zero-order chi connectivity index (χ0) is 12.3. The maximum atomic E-state index is 11.5. The minimum absolute atomic E-state index is 0.147. The van der Waals surface area contributed by atoms with Gasteiger partial charge in [0.15, 0.2) is 5.78 Å². The summed E-state index contributed by atoms with van der Waals surface area (Å²) in [4.78, 5) is 33.4. The Balaban J connectivity index is 2.77. The van der Waals surface area contributed by atoms with E-state index in [2.05, 4.69) is 4.74 Å². The fourth-order valence-electron chi connectivity index (χ4n) is 0.957. The van der Waals surface area contributed by atoms with Crippen molar-refractivity contribution in [1.82, 2.24) is 0 Å². The molecule has 1 aromatic rings. The van der Waals surface area contributed by atoms with E-state index in [1.54, 1.807) is 0 Å². The summed E-state index contributed by atoms with van der Waals surface area (Å²) in [5, 5.41) is 0. The van der Waals surface area contributed by atoms with Crippen molar-refractivity contribution in [3.05, 3.63) is 20.3 Å². The van der Waals surface area contributed by atoms with Gasteiger partial charge in [-0.2, -0.15) is 0 Å². The number of esters is 1. The first-order chi connectivity index (χ1) is 7.45. The van der Waals surface area contributed by atoms with Gasteiger partial charge in [0.1, 0.15) is 4.34 Å². The summed E-state index contributed by atoms with van der Waals surface area (Å²) in [6, 6.07) is 1.36. The Morgan fingerprint density at radius 1 is 1.38 bits per heavy atom. The highest BCUT2D eigenvalue weighted by molar-refractivity contribution is 7.20. The van der Waals surface area contributed by atoms with Gasteiger partial charge in [0.05, 0.1) is 17.9 Å². The largest absolute Gasteiger partial charge is 0.463 e. The monoisotopic (exact) mass is 280 g/mol. The number of rotatable bonds is 4. The van der Waals surface area contributed by atoms with Crippen LogP contribution in [0.2, 0.25) is 8.67 Å². The predicted octanol–water partition coefficient (Wildman–Crippen LogP) is 2.37. The van der Waals surface area contributed by atoms with Crippen LogP contribution in [0.25, 0.3) is 0 Å². The third kappa shape index (κ3) is 3.04. The molecule has 16 heavy (non-hydrogen) atoms. The molecular formula is C9H6Cl2O4S. The normalized spacial score (nSPS) is 9.94. The highest BCUT2D eigenvalue weighted by Gasteiger charge is 2.22. The van der Waals surface area contributed by atoms with Gasteiger partial charge in [0.25, 0.3) is 0 Å². The van der Waals surface area contributed by atoms with E-state index in [0.717, 1.165) is 18.4 Å². The Morgan fingerprint density at radius 3 is 2.44 bits per heavy atom. The lowest BCUT2D eigenvalue weighted by Gasteiger charge is -1.97. The van der Waals surface area contributed by atoms with Crippen LogP contribution in [0.5, 0.6) is 0 Å². The van der Waals surface area contributed by atoms with Crippen LogP contribution < -0.4 is 0 Å². The molecule has 0 aromatic carbocycles. The second-order valence-corrected chi connectivity index (χ2v) is 5.04. The van der Waals surface area contributed by atoms with E-state index < -0.39 is 24.0 Å². The maximum absolute atomic E-state index is 11.5. The van der Waals surface area contributed by atoms with Crippen LogP contribution >= 0.6 is 34.5 Å². The molecule has 0 bridgehead atoms. The zero-order valence-electron chi connectivity index (χ0n) is 8.08. The molecule has 7 heteroatoms. The molecule has 0 aliphatic carbocycles. The molecule has 0 radical (unpaired) electrons. The Bertz CT molecular complexity index is 452. The van der Waals surface area contributed by atoms with Gasteiger partial charge in [0.2, 0.25) is 5.78 Å². The molecule has 0 atom stereocenters. The Kier molecular flexibility index (Phi) is 4.46. The number of Topliss-reactive ketones (excluding diaryl/α,β-unsaturated/α-hetero) is 2. The molecule has 0 amide bonds. The number of hydrogen-bond donors (Lipinski definition) is 0. The standard InChI is InChI=1S/C9H6Cl2O4S/c1-15-9(14)6(13)3-5(12)4-2-7(10)16-8(4)11/h2H,3H2,1H3. The van der Waals surface area contributed by atoms with Crippen molar-refractivity contribution >= 4 is 52.1 Å². The third-order valence-electron chi connectivity index (χ3n) is 1.69. The number of thiophene rings is 1. The molecule has 1 aromatic heterocycles. The number of ether oxygens (including phenoxy) is 1. The van der Waals surface area contributed by atoms with Gasteiger partial charge in [-0.15, -0.1) is 11.3 Å². The minimum Gasteiger partial charge on any atom is -0.463 e. The van der Waals surface area contributed by atoms with E-state index in [1.165, 1.54) is 6.07 Å². The van der Waals surface area contributed by atoms with Gasteiger partial charge in [-0.1, -0.05) is 23.2 Å². The van der Waals surface area contributed by atoms with Crippen LogP contribution in [0.3, 0.4) is 0 Å². The average Bonchev–Trinajstić information content (AvgIpc) is 2.56. The highest BCUT2D eigenvalue weighted by Crippen LogP contribution is 2.31. The van der Waals surface area contributed by atoms with E-state index in [-0.39, 0.29) is 9.90 Å². The molecule has 0 aliphatic heterocycles. The number of carbonyl (C=O) groups excluding carboxylic acids is 3. The van der Waals surface area contributed by atoms with Crippen LogP contribution in [0.4, 0.5) is 0 Å². The molecule has 0 aliphatic rings. The molecule has 0 saturated carbocycles. The van der Waals surface area contributed by atoms with E-state index in [1.807, 2.05) is 0 Å². The number of halogens is 2. The summed E-state index contributed by atoms with van der Waals surface area (Å²) >= 11 is 12.4. The van der Waals surface area contributed by atoms with E-state index in [9.17, 15) is 14.4 Å². The Morgan fingerprint density at radius 2 is 2.00 bits per heavy atom. The number of methoxy groups -OCH3 is 1. The fraction of sp³-hybridized carbons (Fsp3) is 0.222. The lowest BCUT2D eigenvalue weighted by molar-refractivity contribution is -0.151. The second-order valence-electron chi connectivity index (χ2n) is 2.75. The van der Waals surface area contributed by atoms with Crippen molar-refractivity contribution in [2.45, 2.75) is 6.42 Å². The summed E-state index contributed by atoms with van der Waals surface area (Å²) in [7, 11) is 1.07. The lowest BCUT2D eigenvalue weighted by Crippen LogP contribution is -2.19. The number of carbonyl (C=O) groups is 3. The first kappa shape index (κ1) is 13.2. The number of hydrogen-bond acceptors (Lipinski definition) is 5. The zero-order valence-corrected chi connectivity index (χ0v) is 10.4. The van der Waals surface area contributed by atoms with Crippen molar-refractivity contribution < 1.29 is 19.1 Å². The molecule has 4 nitrogen and oxygen atoms in total. The molecule has 1 rings (SSSR count). The molecule has 0 fully saturated rings. The van der Waals surface area contributed by atoms with Crippen molar-refractivity contribution in [1.29, 1.82) is 0 Å². The topological polar surface area (TPSA) is 60.4 Å². The summed E-state index contributed by atoms with van der Waals surface area (Å²) in [6.07, 6.45) is -0.570. The molecule has 1 heterocycles. The Hall–Kier alpha value is -0.910. The van der Waals surface area contributed by atoms with Crippen molar-refractivity contribution in [3.8, 4) is 0 Å². The summed E-state index contributed by atoms with van der Waals surface area (Å²) in [5.74, 6) is -2.51. The lowest BCUT2D eigenvalue weighted by atomic mass is 10.1. The summed E-state index contributed by atoms with van der Waals surface area (Å²) in [6.45, 7) is 0. The second kappa shape index (κ2) is 5.43. The van der Waals surface area contributed by atoms with Crippen LogP contribution in [0, 0.1) is 0 Å². The quantitative estimate of drug-likeness (QED) is 0.368. The van der Waals surface area contributed by atoms with Crippen LogP contribution in [-0.2, 0) is 14.3 Å². The van der Waals surface area contributed by atoms with Gasteiger partial charge in [-0.3, -0.25) is 9.59 Å². The Labute approximate surface area is 105 Å². The third-order valence-corrected chi connectivity index (χ3v) is 3.18. The van der Waals surface area contributed by atoms with Gasteiger partial charge in [0, 0.05) is 5.56 Å². The van der Waals surface area contributed by atoms with Gasteiger partial charge >= 0.3 is 5.97 Å². The summed E-state index contributed by atoms with van der Waals surface area (Å²) in [5.41, 5.74) is 0.147. The van der Waals surface area contributed by atoms with Gasteiger partial charge in [-0.05, 0) is 6.07 Å². The SMILES string of the molecule is COC(=O)C(=O)CC(=O)c1cc(Cl)sc1Cl. The molecule has 0 unspecified atom stereocenters. The van der Waals surface area contributed by atoms with Crippen LogP contribution in [0.1, 0.15) is 16.8 Å². The first-order valence-electron chi connectivity index (χ1n) is 4.05. The minimum atomic E-state index is -1.05. The first-order valence-corrected chi connectivity index (χ1v) is 5.62. The van der Waals surface area contributed by atoms with Crippen molar-refractivity contribution in [2.75, 3.05) is 7.11 Å². The maximum Gasteiger partial charge on any atom is 0.374 e. The van der Waals surface area contributed by atoms with Crippen LogP contribution in [0.15, 0.2) is 6.07 Å². The molecule has 0 saturated heterocycles. The summed E-state index contributed by atoms with van der Waals surface area (Å²) < 4.78 is 4.73. The van der Waals surface area contributed by atoms with Gasteiger partial charge < -0.3 is 4.74 Å². The van der Waals surface area contributed by atoms with Crippen molar-refractivity contribution in [3.63, 3.8) is 0 Å². The smallest absolute Gasteiger partial charge is 0.374 e. The van der Waals surface area contributed by atoms with Crippen molar-refractivity contribution in [2.24, 2.45) is 0 Å². The van der Waals surface area contributed by atoms with Gasteiger partial charge in [-0.25, -0.2) is 4.79 Å². The van der Waals surface area contributed by atoms with E-state index in [0.29, 0.717) is 4.34 Å². The molecule has 86 valence electrons. The average molecular weight is 281 g/mol. The number of ketones is 2. The van der Waals surface area contributed by atoms with E-state index >= 15 is 0 Å². The molecular weight excluding hydrogens is 275 g/mol. The molecule has 0 spiro atoms.